The summed E-state index contributed by atoms with van der Waals surface area (Å²) in [6, 6.07) is 5.70. The molecule has 1 aliphatic heterocycles. The molecule has 1 atom stereocenters. The molecule has 0 bridgehead atoms. The second-order valence-corrected chi connectivity index (χ2v) is 7.28. The van der Waals surface area contributed by atoms with Gasteiger partial charge < -0.3 is 5.11 Å². The van der Waals surface area contributed by atoms with Gasteiger partial charge in [-0.3, -0.25) is 4.79 Å². The van der Waals surface area contributed by atoms with Crippen molar-refractivity contribution in [2.45, 2.75) is 30.2 Å². The summed E-state index contributed by atoms with van der Waals surface area (Å²) in [6.07, 6.45) is 0.675. The van der Waals surface area contributed by atoms with Crippen LogP contribution in [0.3, 0.4) is 0 Å². The Morgan fingerprint density at radius 1 is 1.52 bits per heavy atom. The molecular formula is C13H13ClN2O4S. The standard InChI is InChI=1S/C13H13ClN2O4S/c1-13(12(17)18)5-2-6-16(13)21(19,20)11-7-10(14)4-3-9(11)8-15/h3-4,7H,2,5-6H2,1H3,(H,17,18). The largest absolute Gasteiger partial charge is 0.480 e. The van der Waals surface area contributed by atoms with Crippen LogP contribution in [0.2, 0.25) is 5.02 Å². The summed E-state index contributed by atoms with van der Waals surface area (Å²) in [5, 5.41) is 18.6. The van der Waals surface area contributed by atoms with E-state index in [0.717, 1.165) is 4.31 Å². The monoisotopic (exact) mass is 328 g/mol. The Bertz CT molecular complexity index is 741. The van der Waals surface area contributed by atoms with Gasteiger partial charge in [-0.05, 0) is 38.0 Å². The maximum atomic E-state index is 12.7. The first-order chi connectivity index (χ1) is 9.73. The fraction of sp³-hybridized carbons (Fsp3) is 0.385. The Hall–Kier alpha value is -1.62. The van der Waals surface area contributed by atoms with Gasteiger partial charge in [0.25, 0.3) is 0 Å². The molecule has 0 amide bonds. The lowest BCUT2D eigenvalue weighted by molar-refractivity contribution is -0.146. The van der Waals surface area contributed by atoms with Gasteiger partial charge in [-0.25, -0.2) is 8.42 Å². The highest BCUT2D eigenvalue weighted by Gasteiger charge is 2.50. The number of aliphatic carboxylic acids is 1. The van der Waals surface area contributed by atoms with Crippen LogP contribution in [0, 0.1) is 11.3 Å². The molecule has 1 aromatic carbocycles. The Balaban J connectivity index is 2.61. The third kappa shape index (κ3) is 2.50. The van der Waals surface area contributed by atoms with E-state index in [-0.39, 0.29) is 28.4 Å². The summed E-state index contributed by atoms with van der Waals surface area (Å²) >= 11 is 5.81. The zero-order valence-electron chi connectivity index (χ0n) is 11.2. The van der Waals surface area contributed by atoms with Crippen molar-refractivity contribution in [3.05, 3.63) is 28.8 Å². The lowest BCUT2D eigenvalue weighted by atomic mass is 10.0. The summed E-state index contributed by atoms with van der Waals surface area (Å²) in [5.74, 6) is -1.20. The van der Waals surface area contributed by atoms with Crippen LogP contribution in [0.4, 0.5) is 0 Å². The molecule has 1 unspecified atom stereocenters. The first kappa shape index (κ1) is 15.8. The number of carbonyl (C=O) groups is 1. The Morgan fingerprint density at radius 3 is 2.76 bits per heavy atom. The molecule has 1 aliphatic rings. The molecule has 1 fully saturated rings. The van der Waals surface area contributed by atoms with E-state index in [0.29, 0.717) is 6.42 Å². The van der Waals surface area contributed by atoms with Crippen LogP contribution in [-0.4, -0.2) is 35.9 Å². The number of carboxylic acids is 1. The van der Waals surface area contributed by atoms with E-state index < -0.39 is 21.5 Å². The molecule has 0 aliphatic carbocycles. The normalized spacial score (nSPS) is 22.9. The second kappa shape index (κ2) is 5.30. The Kier molecular flexibility index (Phi) is 3.97. The number of nitriles is 1. The topological polar surface area (TPSA) is 98.5 Å². The number of carboxylic acid groups (broad SMARTS) is 1. The fourth-order valence-corrected chi connectivity index (χ4v) is 4.67. The van der Waals surface area contributed by atoms with E-state index >= 15 is 0 Å². The van der Waals surface area contributed by atoms with E-state index in [4.69, 9.17) is 16.9 Å². The van der Waals surface area contributed by atoms with Crippen molar-refractivity contribution in [3.63, 3.8) is 0 Å². The Labute approximate surface area is 127 Å². The average molecular weight is 329 g/mol. The lowest BCUT2D eigenvalue weighted by Gasteiger charge is -2.30. The number of hydrogen-bond donors (Lipinski definition) is 1. The molecule has 1 heterocycles. The van der Waals surface area contributed by atoms with E-state index in [1.807, 2.05) is 0 Å². The first-order valence-corrected chi connectivity index (χ1v) is 8.01. The molecule has 0 spiro atoms. The van der Waals surface area contributed by atoms with E-state index in [9.17, 15) is 18.3 Å². The summed E-state index contributed by atoms with van der Waals surface area (Å²) in [6.45, 7) is 1.47. The molecule has 21 heavy (non-hydrogen) atoms. The van der Waals surface area contributed by atoms with Crippen LogP contribution in [-0.2, 0) is 14.8 Å². The summed E-state index contributed by atoms with van der Waals surface area (Å²) in [5.41, 5.74) is -1.56. The number of hydrogen-bond acceptors (Lipinski definition) is 4. The quantitative estimate of drug-likeness (QED) is 0.912. The average Bonchev–Trinajstić information content (AvgIpc) is 2.83. The number of rotatable bonds is 3. The van der Waals surface area contributed by atoms with Crippen molar-refractivity contribution in [3.8, 4) is 6.07 Å². The number of nitrogens with zero attached hydrogens (tertiary/aromatic N) is 2. The van der Waals surface area contributed by atoms with Crippen LogP contribution in [0.1, 0.15) is 25.3 Å². The predicted molar refractivity (Wildman–Crippen MR) is 75.3 cm³/mol. The molecule has 8 heteroatoms. The van der Waals surface area contributed by atoms with Gasteiger partial charge in [-0.2, -0.15) is 9.57 Å². The van der Waals surface area contributed by atoms with Crippen LogP contribution >= 0.6 is 11.6 Å². The minimum absolute atomic E-state index is 0.0564. The zero-order chi connectivity index (χ0) is 15.8. The van der Waals surface area contributed by atoms with Gasteiger partial charge >= 0.3 is 5.97 Å². The van der Waals surface area contributed by atoms with Gasteiger partial charge in [0.15, 0.2) is 0 Å². The molecular weight excluding hydrogens is 316 g/mol. The molecule has 1 N–H and O–H groups in total. The molecule has 1 saturated heterocycles. The maximum Gasteiger partial charge on any atom is 0.324 e. The molecule has 2 rings (SSSR count). The number of benzene rings is 1. The summed E-state index contributed by atoms with van der Waals surface area (Å²) < 4.78 is 26.4. The third-order valence-corrected chi connectivity index (χ3v) is 5.96. The second-order valence-electron chi connectivity index (χ2n) is 5.01. The SMILES string of the molecule is CC1(C(=O)O)CCCN1S(=O)(=O)c1cc(Cl)ccc1C#N. The smallest absolute Gasteiger partial charge is 0.324 e. The minimum Gasteiger partial charge on any atom is -0.480 e. The lowest BCUT2D eigenvalue weighted by Crippen LogP contribution is -2.50. The van der Waals surface area contributed by atoms with Crippen molar-refractivity contribution in [2.24, 2.45) is 0 Å². The molecule has 1 aromatic rings. The molecule has 0 saturated carbocycles. The van der Waals surface area contributed by atoms with Crippen molar-refractivity contribution >= 4 is 27.6 Å². The molecule has 6 nitrogen and oxygen atoms in total. The predicted octanol–water partition coefficient (Wildman–Crippen LogP) is 1.84. The summed E-state index contributed by atoms with van der Waals surface area (Å²) in [7, 11) is -4.11. The number of sulfonamides is 1. The highest BCUT2D eigenvalue weighted by Crippen LogP contribution is 2.36. The van der Waals surface area contributed by atoms with Gasteiger partial charge in [-0.1, -0.05) is 11.6 Å². The summed E-state index contributed by atoms with van der Waals surface area (Å²) in [4.78, 5) is 11.2. The highest BCUT2D eigenvalue weighted by atomic mass is 35.5. The van der Waals surface area contributed by atoms with Crippen LogP contribution < -0.4 is 0 Å². The minimum atomic E-state index is -4.11. The Morgan fingerprint density at radius 2 is 2.19 bits per heavy atom. The van der Waals surface area contributed by atoms with Crippen molar-refractivity contribution in [2.75, 3.05) is 6.54 Å². The van der Waals surface area contributed by atoms with Gasteiger partial charge in [0.1, 0.15) is 16.5 Å². The van der Waals surface area contributed by atoms with Crippen LogP contribution in [0.5, 0.6) is 0 Å². The highest BCUT2D eigenvalue weighted by molar-refractivity contribution is 7.89. The van der Waals surface area contributed by atoms with Gasteiger partial charge in [0.05, 0.1) is 5.56 Å². The zero-order valence-corrected chi connectivity index (χ0v) is 12.8. The molecule has 112 valence electrons. The van der Waals surface area contributed by atoms with Crippen molar-refractivity contribution < 1.29 is 18.3 Å². The van der Waals surface area contributed by atoms with Crippen LogP contribution in [0.25, 0.3) is 0 Å². The third-order valence-electron chi connectivity index (χ3n) is 3.67. The van der Waals surface area contributed by atoms with Gasteiger partial charge in [0.2, 0.25) is 10.0 Å². The molecule has 0 aromatic heterocycles. The number of halogens is 1. The molecule has 0 radical (unpaired) electrons. The van der Waals surface area contributed by atoms with E-state index in [2.05, 4.69) is 0 Å². The fourth-order valence-electron chi connectivity index (χ4n) is 2.46. The van der Waals surface area contributed by atoms with Gasteiger partial charge in [0, 0.05) is 11.6 Å². The van der Waals surface area contributed by atoms with Crippen molar-refractivity contribution in [1.82, 2.24) is 4.31 Å². The van der Waals surface area contributed by atoms with Crippen molar-refractivity contribution in [1.29, 1.82) is 5.26 Å². The van der Waals surface area contributed by atoms with Gasteiger partial charge in [-0.15, -0.1) is 0 Å². The first-order valence-electron chi connectivity index (χ1n) is 6.19. The maximum absolute atomic E-state index is 12.7. The van der Waals surface area contributed by atoms with E-state index in [1.165, 1.54) is 25.1 Å². The van der Waals surface area contributed by atoms with Crippen LogP contribution in [0.15, 0.2) is 23.1 Å². The van der Waals surface area contributed by atoms with E-state index in [1.54, 1.807) is 6.07 Å².